The normalized spacial score (nSPS) is 34.5. The van der Waals surface area contributed by atoms with Crippen molar-refractivity contribution in [3.8, 4) is 0 Å². The van der Waals surface area contributed by atoms with Crippen LogP contribution in [0.25, 0.3) is 0 Å². The van der Waals surface area contributed by atoms with Crippen molar-refractivity contribution in [2.45, 2.75) is 53.4 Å². The van der Waals surface area contributed by atoms with Crippen LogP contribution in [-0.4, -0.2) is 5.78 Å². The summed E-state index contributed by atoms with van der Waals surface area (Å²) in [6.45, 7) is 8.80. The molecule has 2 rings (SSSR count). The summed E-state index contributed by atoms with van der Waals surface area (Å²) in [5.74, 6) is 0.969. The molecule has 0 unspecified atom stereocenters. The van der Waals surface area contributed by atoms with E-state index in [0.717, 1.165) is 18.4 Å². The van der Waals surface area contributed by atoms with Gasteiger partial charge in [-0.05, 0) is 62.5 Å². The van der Waals surface area contributed by atoms with Crippen molar-refractivity contribution >= 4 is 5.78 Å². The topological polar surface area (TPSA) is 17.1 Å². The van der Waals surface area contributed by atoms with E-state index >= 15 is 0 Å². The summed E-state index contributed by atoms with van der Waals surface area (Å²) in [5, 5.41) is 0. The van der Waals surface area contributed by atoms with Gasteiger partial charge in [-0.3, -0.25) is 4.79 Å². The maximum absolute atomic E-state index is 12.0. The van der Waals surface area contributed by atoms with Crippen LogP contribution in [0.3, 0.4) is 0 Å². The van der Waals surface area contributed by atoms with E-state index in [1.807, 2.05) is 6.08 Å². The molecule has 88 valence electrons. The quantitative estimate of drug-likeness (QED) is 0.561. The molecule has 0 aromatic rings. The molecule has 0 saturated heterocycles. The van der Waals surface area contributed by atoms with Gasteiger partial charge in [-0.15, -0.1) is 0 Å². The Kier molecular flexibility index (Phi) is 2.81. The van der Waals surface area contributed by atoms with E-state index in [1.165, 1.54) is 24.0 Å². The molecule has 0 aromatic carbocycles. The monoisotopic (exact) mass is 218 g/mol. The molecule has 0 N–H and O–H groups in total. The Morgan fingerprint density at radius 3 is 2.75 bits per heavy atom. The van der Waals surface area contributed by atoms with Gasteiger partial charge in [0.05, 0.1) is 0 Å². The first-order valence-electron chi connectivity index (χ1n) is 6.37. The number of carbonyl (C=O) groups is 1. The van der Waals surface area contributed by atoms with Crippen LogP contribution in [0.1, 0.15) is 53.4 Å². The molecule has 0 spiro atoms. The second-order valence-corrected chi connectivity index (χ2v) is 5.90. The average Bonchev–Trinajstić information content (AvgIpc) is 2.20. The largest absolute Gasteiger partial charge is 0.290 e. The highest BCUT2D eigenvalue weighted by molar-refractivity contribution is 6.06. The van der Waals surface area contributed by atoms with Crippen molar-refractivity contribution < 1.29 is 4.79 Å². The van der Waals surface area contributed by atoms with E-state index in [-0.39, 0.29) is 11.2 Å². The minimum absolute atomic E-state index is 0.249. The summed E-state index contributed by atoms with van der Waals surface area (Å²) in [6.07, 6.45) is 6.57. The van der Waals surface area contributed by atoms with Crippen molar-refractivity contribution in [1.29, 1.82) is 0 Å². The zero-order valence-electron chi connectivity index (χ0n) is 10.9. The number of allylic oxidation sites excluding steroid dienone is 4. The van der Waals surface area contributed by atoms with Crippen molar-refractivity contribution in [3.05, 3.63) is 22.8 Å². The molecule has 0 aliphatic heterocycles. The third-order valence-corrected chi connectivity index (χ3v) is 4.65. The van der Waals surface area contributed by atoms with Gasteiger partial charge in [0, 0.05) is 0 Å². The van der Waals surface area contributed by atoms with Crippen LogP contribution >= 0.6 is 0 Å². The van der Waals surface area contributed by atoms with E-state index in [1.54, 1.807) is 0 Å². The fourth-order valence-electron chi connectivity index (χ4n) is 3.17. The third-order valence-electron chi connectivity index (χ3n) is 4.65. The summed E-state index contributed by atoms with van der Waals surface area (Å²) in [4.78, 5) is 12.0. The lowest BCUT2D eigenvalue weighted by Gasteiger charge is -2.45. The van der Waals surface area contributed by atoms with Gasteiger partial charge in [-0.1, -0.05) is 25.0 Å². The molecular weight excluding hydrogens is 196 g/mol. The van der Waals surface area contributed by atoms with E-state index in [9.17, 15) is 4.79 Å². The smallest absolute Gasteiger partial charge is 0.181 e. The van der Waals surface area contributed by atoms with E-state index in [0.29, 0.717) is 5.92 Å². The fraction of sp³-hybridized carbons (Fsp3) is 0.667. The molecule has 2 aliphatic carbocycles. The highest BCUT2D eigenvalue weighted by Crippen LogP contribution is 2.51. The minimum Gasteiger partial charge on any atom is -0.290 e. The molecule has 2 aliphatic rings. The fourth-order valence-corrected chi connectivity index (χ4v) is 3.17. The number of hydrogen-bond donors (Lipinski definition) is 0. The highest BCUT2D eigenvalue weighted by Gasteiger charge is 2.41. The molecule has 0 radical (unpaired) electrons. The summed E-state index contributed by atoms with van der Waals surface area (Å²) in [5.41, 5.74) is 3.90. The first kappa shape index (κ1) is 11.6. The van der Waals surface area contributed by atoms with Crippen molar-refractivity contribution in [1.82, 2.24) is 0 Å². The Labute approximate surface area is 98.6 Å². The second kappa shape index (κ2) is 3.87. The Morgan fingerprint density at radius 1 is 1.44 bits per heavy atom. The SMILES string of the molecule is CC(C)=C1C[C@@]2(C)C(=CC1=O)CCC[C@@H]2C. The van der Waals surface area contributed by atoms with Gasteiger partial charge in [-0.25, -0.2) is 0 Å². The molecule has 0 amide bonds. The molecule has 0 heterocycles. The summed E-state index contributed by atoms with van der Waals surface area (Å²) >= 11 is 0. The summed E-state index contributed by atoms with van der Waals surface area (Å²) < 4.78 is 0. The van der Waals surface area contributed by atoms with Gasteiger partial charge < -0.3 is 0 Å². The third kappa shape index (κ3) is 1.66. The first-order chi connectivity index (χ1) is 7.45. The van der Waals surface area contributed by atoms with E-state index < -0.39 is 0 Å². The summed E-state index contributed by atoms with van der Waals surface area (Å²) in [6, 6.07) is 0. The van der Waals surface area contributed by atoms with Crippen molar-refractivity contribution in [2.24, 2.45) is 11.3 Å². The van der Waals surface area contributed by atoms with Gasteiger partial charge in [0.25, 0.3) is 0 Å². The average molecular weight is 218 g/mol. The predicted molar refractivity (Wildman–Crippen MR) is 67.2 cm³/mol. The minimum atomic E-state index is 0.249. The lowest BCUT2D eigenvalue weighted by Crippen LogP contribution is -2.36. The zero-order valence-corrected chi connectivity index (χ0v) is 10.9. The number of fused-ring (bicyclic) bond motifs is 1. The van der Waals surface area contributed by atoms with Crippen LogP contribution in [-0.2, 0) is 4.79 Å². The molecule has 1 fully saturated rings. The molecule has 16 heavy (non-hydrogen) atoms. The molecule has 1 heteroatoms. The number of carbonyl (C=O) groups excluding carboxylic acids is 1. The maximum Gasteiger partial charge on any atom is 0.181 e. The first-order valence-corrected chi connectivity index (χ1v) is 6.37. The van der Waals surface area contributed by atoms with Crippen LogP contribution in [0.15, 0.2) is 22.8 Å². The van der Waals surface area contributed by atoms with E-state index in [2.05, 4.69) is 27.7 Å². The van der Waals surface area contributed by atoms with Gasteiger partial charge in [0.15, 0.2) is 5.78 Å². The number of hydrogen-bond acceptors (Lipinski definition) is 1. The Morgan fingerprint density at radius 2 is 2.12 bits per heavy atom. The van der Waals surface area contributed by atoms with Crippen molar-refractivity contribution in [3.63, 3.8) is 0 Å². The lowest BCUT2D eigenvalue weighted by molar-refractivity contribution is -0.112. The Hall–Kier alpha value is -0.850. The van der Waals surface area contributed by atoms with Gasteiger partial charge in [0.1, 0.15) is 0 Å². The maximum atomic E-state index is 12.0. The standard InChI is InChI=1S/C15H22O/c1-10(2)13-9-15(4)11(3)6-5-7-12(15)8-14(13)16/h8,11H,5-7,9H2,1-4H3/t11-,15+/m0/s1. The Bertz CT molecular complexity index is 382. The zero-order chi connectivity index (χ0) is 11.9. The molecule has 0 bridgehead atoms. The van der Waals surface area contributed by atoms with Crippen LogP contribution in [0, 0.1) is 11.3 Å². The second-order valence-electron chi connectivity index (χ2n) is 5.90. The molecular formula is C15H22O. The van der Waals surface area contributed by atoms with Crippen LogP contribution in [0.4, 0.5) is 0 Å². The van der Waals surface area contributed by atoms with E-state index in [4.69, 9.17) is 0 Å². The molecule has 1 saturated carbocycles. The van der Waals surface area contributed by atoms with Crippen molar-refractivity contribution in [2.75, 3.05) is 0 Å². The van der Waals surface area contributed by atoms with Crippen LogP contribution in [0.5, 0.6) is 0 Å². The molecule has 0 aromatic heterocycles. The number of rotatable bonds is 0. The number of ketones is 1. The van der Waals surface area contributed by atoms with Gasteiger partial charge >= 0.3 is 0 Å². The lowest BCUT2D eigenvalue weighted by atomic mass is 9.59. The summed E-state index contributed by atoms with van der Waals surface area (Å²) in [7, 11) is 0. The Balaban J connectivity index is 2.46. The van der Waals surface area contributed by atoms with Gasteiger partial charge in [-0.2, -0.15) is 0 Å². The van der Waals surface area contributed by atoms with Crippen LogP contribution in [0.2, 0.25) is 0 Å². The van der Waals surface area contributed by atoms with Gasteiger partial charge in [0.2, 0.25) is 0 Å². The molecule has 1 nitrogen and oxygen atoms in total. The highest BCUT2D eigenvalue weighted by atomic mass is 16.1. The predicted octanol–water partition coefficient (Wildman–Crippen LogP) is 4.05. The van der Waals surface area contributed by atoms with Crippen LogP contribution < -0.4 is 0 Å². The molecule has 2 atom stereocenters.